The summed E-state index contributed by atoms with van der Waals surface area (Å²) in [5, 5.41) is 3.52. The standard InChI is InChI=1S/C27H26Cl2N2O5S/c1-2-36-24-11-9-21(29)17-25(24)37(34,35)31-14-12-19(13-15-31)27(33)30-23-10-8-20(28)16-22(23)26(32)18-6-4-3-5-7-18/h3-11,16-17,19H,2,12-15H2,1H3,(H,30,33). The lowest BCUT2D eigenvalue weighted by Gasteiger charge is -2.31. The third-order valence-corrected chi connectivity index (χ3v) is 8.56. The molecule has 0 saturated carbocycles. The number of nitrogens with one attached hydrogen (secondary N) is 1. The second kappa shape index (κ2) is 11.6. The fourth-order valence-corrected chi connectivity index (χ4v) is 6.28. The Hall–Kier alpha value is -2.91. The first kappa shape index (κ1) is 27.1. The summed E-state index contributed by atoms with van der Waals surface area (Å²) in [5.74, 6) is -0.720. The molecule has 0 spiro atoms. The minimum absolute atomic E-state index is 0.00924. The van der Waals surface area contributed by atoms with Crippen LogP contribution in [0.3, 0.4) is 0 Å². The van der Waals surface area contributed by atoms with Gasteiger partial charge in [0.25, 0.3) is 0 Å². The van der Waals surface area contributed by atoms with Gasteiger partial charge in [-0.1, -0.05) is 53.5 Å². The van der Waals surface area contributed by atoms with E-state index in [4.69, 9.17) is 27.9 Å². The third-order valence-electron chi connectivity index (χ3n) is 6.17. The maximum Gasteiger partial charge on any atom is 0.246 e. The van der Waals surface area contributed by atoms with Crippen LogP contribution in [0.1, 0.15) is 35.7 Å². The summed E-state index contributed by atoms with van der Waals surface area (Å²) in [6.45, 7) is 2.41. The van der Waals surface area contributed by atoms with Crippen LogP contribution in [0.4, 0.5) is 5.69 Å². The summed E-state index contributed by atoms with van der Waals surface area (Å²) in [7, 11) is -3.87. The Morgan fingerprint density at radius 1 is 0.973 bits per heavy atom. The molecule has 0 bridgehead atoms. The van der Waals surface area contributed by atoms with Gasteiger partial charge in [0.2, 0.25) is 15.9 Å². The molecule has 7 nitrogen and oxygen atoms in total. The number of amides is 1. The van der Waals surface area contributed by atoms with E-state index in [1.807, 2.05) is 6.07 Å². The van der Waals surface area contributed by atoms with Gasteiger partial charge in [-0.05, 0) is 56.2 Å². The summed E-state index contributed by atoms with van der Waals surface area (Å²) < 4.78 is 33.5. The highest BCUT2D eigenvalue weighted by atomic mass is 35.5. The molecule has 1 aliphatic heterocycles. The Morgan fingerprint density at radius 3 is 2.30 bits per heavy atom. The zero-order valence-electron chi connectivity index (χ0n) is 20.1. The molecule has 10 heteroatoms. The number of halogens is 2. The number of benzene rings is 3. The number of carbonyl (C=O) groups excluding carboxylic acids is 2. The van der Waals surface area contributed by atoms with Gasteiger partial charge in [-0.25, -0.2) is 8.42 Å². The maximum absolute atomic E-state index is 13.3. The van der Waals surface area contributed by atoms with Crippen molar-refractivity contribution in [3.8, 4) is 5.75 Å². The molecule has 0 aliphatic carbocycles. The first-order chi connectivity index (χ1) is 17.7. The quantitative estimate of drug-likeness (QED) is 0.358. The SMILES string of the molecule is CCOc1ccc(Cl)cc1S(=O)(=O)N1CCC(C(=O)Nc2ccc(Cl)cc2C(=O)c2ccccc2)CC1. The molecular weight excluding hydrogens is 535 g/mol. The molecule has 4 rings (SSSR count). The highest BCUT2D eigenvalue weighted by molar-refractivity contribution is 7.89. The Kier molecular flexibility index (Phi) is 8.54. The van der Waals surface area contributed by atoms with Gasteiger partial charge in [0.1, 0.15) is 10.6 Å². The fraction of sp³-hybridized carbons (Fsp3) is 0.259. The van der Waals surface area contributed by atoms with Crippen LogP contribution >= 0.6 is 23.2 Å². The van der Waals surface area contributed by atoms with Crippen LogP contribution in [0.5, 0.6) is 5.75 Å². The Labute approximate surface area is 226 Å². The number of hydrogen-bond donors (Lipinski definition) is 1. The highest BCUT2D eigenvalue weighted by Crippen LogP contribution is 2.33. The van der Waals surface area contributed by atoms with Crippen LogP contribution < -0.4 is 10.1 Å². The lowest BCUT2D eigenvalue weighted by molar-refractivity contribution is -0.120. The van der Waals surface area contributed by atoms with Crippen molar-refractivity contribution < 1.29 is 22.7 Å². The number of ether oxygens (including phenoxy) is 1. The van der Waals surface area contributed by atoms with Crippen molar-refractivity contribution in [1.29, 1.82) is 0 Å². The van der Waals surface area contributed by atoms with E-state index in [2.05, 4.69) is 5.32 Å². The topological polar surface area (TPSA) is 92.8 Å². The normalized spacial score (nSPS) is 14.8. The highest BCUT2D eigenvalue weighted by Gasteiger charge is 2.34. The Bertz CT molecular complexity index is 1410. The van der Waals surface area contributed by atoms with E-state index in [0.717, 1.165) is 0 Å². The van der Waals surface area contributed by atoms with Gasteiger partial charge in [0.15, 0.2) is 5.78 Å². The molecule has 0 atom stereocenters. The van der Waals surface area contributed by atoms with Gasteiger partial charge in [-0.15, -0.1) is 0 Å². The predicted molar refractivity (Wildman–Crippen MR) is 144 cm³/mol. The van der Waals surface area contributed by atoms with Crippen molar-refractivity contribution >= 4 is 50.6 Å². The van der Waals surface area contributed by atoms with Gasteiger partial charge in [-0.3, -0.25) is 9.59 Å². The van der Waals surface area contributed by atoms with Crippen molar-refractivity contribution in [2.45, 2.75) is 24.7 Å². The van der Waals surface area contributed by atoms with Crippen LogP contribution in [-0.4, -0.2) is 44.1 Å². The van der Waals surface area contributed by atoms with E-state index in [1.165, 1.54) is 16.4 Å². The van der Waals surface area contributed by atoms with E-state index >= 15 is 0 Å². The zero-order valence-corrected chi connectivity index (χ0v) is 22.4. The summed E-state index contributed by atoms with van der Waals surface area (Å²) in [5.41, 5.74) is 1.13. The second-order valence-electron chi connectivity index (χ2n) is 8.58. The summed E-state index contributed by atoms with van der Waals surface area (Å²) in [6, 6.07) is 18.0. The molecule has 1 heterocycles. The number of carbonyl (C=O) groups is 2. The average molecular weight is 561 g/mol. The molecule has 1 aliphatic rings. The summed E-state index contributed by atoms with van der Waals surface area (Å²) >= 11 is 12.2. The van der Waals surface area contributed by atoms with Gasteiger partial charge >= 0.3 is 0 Å². The largest absolute Gasteiger partial charge is 0.492 e. The van der Waals surface area contributed by atoms with Gasteiger partial charge in [-0.2, -0.15) is 4.31 Å². The predicted octanol–water partition coefficient (Wildman–Crippen LogP) is 5.66. The number of rotatable bonds is 8. The molecule has 3 aromatic carbocycles. The lowest BCUT2D eigenvalue weighted by atomic mass is 9.96. The first-order valence-corrected chi connectivity index (χ1v) is 14.0. The van der Waals surface area contributed by atoms with Crippen molar-refractivity contribution in [3.05, 3.63) is 87.9 Å². The monoisotopic (exact) mass is 560 g/mol. The Morgan fingerprint density at radius 2 is 1.62 bits per heavy atom. The van der Waals surface area contributed by atoms with Crippen LogP contribution in [0.15, 0.2) is 71.6 Å². The number of ketones is 1. The van der Waals surface area contributed by atoms with Crippen LogP contribution in [-0.2, 0) is 14.8 Å². The number of sulfonamides is 1. The zero-order chi connectivity index (χ0) is 26.6. The third kappa shape index (κ3) is 6.15. The number of piperidine rings is 1. The molecule has 0 radical (unpaired) electrons. The molecular formula is C27H26Cl2N2O5S. The van der Waals surface area contributed by atoms with Crippen LogP contribution in [0.2, 0.25) is 10.0 Å². The van der Waals surface area contributed by atoms with Crippen molar-refractivity contribution in [3.63, 3.8) is 0 Å². The molecule has 1 saturated heterocycles. The van der Waals surface area contributed by atoms with Crippen molar-refractivity contribution in [2.75, 3.05) is 25.0 Å². The van der Waals surface area contributed by atoms with Crippen molar-refractivity contribution in [1.82, 2.24) is 4.31 Å². The van der Waals surface area contributed by atoms with E-state index in [9.17, 15) is 18.0 Å². The maximum atomic E-state index is 13.3. The second-order valence-corrected chi connectivity index (χ2v) is 11.4. The van der Waals surface area contributed by atoms with Gasteiger partial charge < -0.3 is 10.1 Å². The summed E-state index contributed by atoms with van der Waals surface area (Å²) in [4.78, 5) is 26.2. The number of hydrogen-bond acceptors (Lipinski definition) is 5. The summed E-state index contributed by atoms with van der Waals surface area (Å²) in [6.07, 6.45) is 0.649. The number of nitrogens with zero attached hydrogens (tertiary/aromatic N) is 1. The van der Waals surface area contributed by atoms with E-state index in [0.29, 0.717) is 40.7 Å². The average Bonchev–Trinajstić information content (AvgIpc) is 2.91. The Balaban J connectivity index is 1.47. The molecule has 0 unspecified atom stereocenters. The van der Waals surface area contributed by atoms with Gasteiger partial charge in [0, 0.05) is 40.2 Å². The molecule has 1 fully saturated rings. The lowest BCUT2D eigenvalue weighted by Crippen LogP contribution is -2.41. The molecule has 1 amide bonds. The molecule has 1 N–H and O–H groups in total. The van der Waals surface area contributed by atoms with Crippen LogP contribution in [0.25, 0.3) is 0 Å². The van der Waals surface area contributed by atoms with Crippen molar-refractivity contribution in [2.24, 2.45) is 5.92 Å². The minimum Gasteiger partial charge on any atom is -0.492 e. The smallest absolute Gasteiger partial charge is 0.246 e. The molecule has 194 valence electrons. The number of anilines is 1. The first-order valence-electron chi connectivity index (χ1n) is 11.8. The molecule has 37 heavy (non-hydrogen) atoms. The molecule has 3 aromatic rings. The van der Waals surface area contributed by atoms with E-state index in [1.54, 1.807) is 55.5 Å². The minimum atomic E-state index is -3.87. The van der Waals surface area contributed by atoms with E-state index in [-0.39, 0.29) is 41.0 Å². The fourth-order valence-electron chi connectivity index (χ4n) is 4.25. The molecule has 0 aromatic heterocycles. The van der Waals surface area contributed by atoms with E-state index < -0.39 is 15.9 Å². The van der Waals surface area contributed by atoms with Crippen LogP contribution in [0, 0.1) is 5.92 Å². The van der Waals surface area contributed by atoms with Gasteiger partial charge in [0.05, 0.1) is 12.3 Å².